The van der Waals surface area contributed by atoms with Crippen molar-refractivity contribution in [1.82, 2.24) is 14.9 Å². The molecule has 1 aromatic heterocycles. The summed E-state index contributed by atoms with van der Waals surface area (Å²) in [6, 6.07) is 15.8. The second-order valence-electron chi connectivity index (χ2n) is 7.57. The number of carbonyl (C=O) groups is 2. The molecule has 2 heterocycles. The molecule has 4 rings (SSSR count). The van der Waals surface area contributed by atoms with Gasteiger partial charge in [0.15, 0.2) is 23.1 Å². The van der Waals surface area contributed by atoms with E-state index in [1.807, 2.05) is 25.1 Å². The van der Waals surface area contributed by atoms with E-state index in [-0.39, 0.29) is 29.2 Å². The van der Waals surface area contributed by atoms with Gasteiger partial charge in [-0.15, -0.1) is 0 Å². The lowest BCUT2D eigenvalue weighted by molar-refractivity contribution is 0.0782. The third-order valence-electron chi connectivity index (χ3n) is 5.21. The molecule has 0 atom stereocenters. The number of benzene rings is 2. The van der Waals surface area contributed by atoms with Gasteiger partial charge < -0.3 is 26.0 Å². The van der Waals surface area contributed by atoms with Gasteiger partial charge in [0.05, 0.1) is 6.61 Å². The van der Waals surface area contributed by atoms with E-state index in [1.54, 1.807) is 41.3 Å². The SMILES string of the molecule is CCOc1c(N)nc(-c2ccc(NC(=O)Nc3ccccc3)cc2)nc1C(=O)N1CCCC1. The fourth-order valence-corrected chi connectivity index (χ4v) is 3.62. The minimum Gasteiger partial charge on any atom is -0.488 e. The number of anilines is 3. The third-order valence-corrected chi connectivity index (χ3v) is 5.21. The summed E-state index contributed by atoms with van der Waals surface area (Å²) < 4.78 is 5.60. The maximum atomic E-state index is 13.0. The van der Waals surface area contributed by atoms with Crippen LogP contribution in [0.2, 0.25) is 0 Å². The maximum absolute atomic E-state index is 13.0. The molecule has 3 amide bonds. The Morgan fingerprint density at radius 3 is 2.24 bits per heavy atom. The zero-order valence-electron chi connectivity index (χ0n) is 18.4. The lowest BCUT2D eigenvalue weighted by atomic mass is 10.2. The van der Waals surface area contributed by atoms with Crippen LogP contribution in [0.3, 0.4) is 0 Å². The molecule has 4 N–H and O–H groups in total. The topological polar surface area (TPSA) is 122 Å². The Balaban J connectivity index is 1.54. The highest BCUT2D eigenvalue weighted by Gasteiger charge is 2.27. The number of hydrogen-bond donors (Lipinski definition) is 3. The van der Waals surface area contributed by atoms with Crippen LogP contribution < -0.4 is 21.1 Å². The van der Waals surface area contributed by atoms with Crippen molar-refractivity contribution >= 4 is 29.1 Å². The smallest absolute Gasteiger partial charge is 0.323 e. The summed E-state index contributed by atoms with van der Waals surface area (Å²) in [7, 11) is 0. The number of nitrogens with one attached hydrogen (secondary N) is 2. The first-order chi connectivity index (χ1) is 16.0. The molecule has 0 unspecified atom stereocenters. The van der Waals surface area contributed by atoms with Crippen LogP contribution in [0.4, 0.5) is 22.0 Å². The minimum absolute atomic E-state index is 0.119. The first-order valence-corrected chi connectivity index (χ1v) is 10.9. The highest BCUT2D eigenvalue weighted by molar-refractivity contribution is 6.00. The van der Waals surface area contributed by atoms with E-state index in [4.69, 9.17) is 10.5 Å². The molecule has 9 nitrogen and oxygen atoms in total. The predicted molar refractivity (Wildman–Crippen MR) is 127 cm³/mol. The highest BCUT2D eigenvalue weighted by atomic mass is 16.5. The average molecular weight is 447 g/mol. The number of nitrogens with two attached hydrogens (primary N) is 1. The van der Waals surface area contributed by atoms with Crippen molar-refractivity contribution in [2.75, 3.05) is 36.1 Å². The Hall–Kier alpha value is -4.14. The van der Waals surface area contributed by atoms with Crippen molar-refractivity contribution in [3.05, 3.63) is 60.3 Å². The van der Waals surface area contributed by atoms with Gasteiger partial charge in [-0.3, -0.25) is 4.79 Å². The Morgan fingerprint density at radius 1 is 0.970 bits per heavy atom. The number of amides is 3. The Labute approximate surface area is 192 Å². The molecule has 3 aromatic rings. The standard InChI is InChI=1S/C24H26N6O3/c1-2-33-20-19(23(31)30-14-6-7-15-30)28-22(29-21(20)25)16-10-12-18(13-11-16)27-24(32)26-17-8-4-3-5-9-17/h3-5,8-13H,2,6-7,14-15H2,1H3,(H2,25,28,29)(H2,26,27,32). The number of ether oxygens (including phenoxy) is 1. The van der Waals surface area contributed by atoms with Crippen molar-refractivity contribution in [3.63, 3.8) is 0 Å². The molecule has 33 heavy (non-hydrogen) atoms. The monoisotopic (exact) mass is 446 g/mol. The number of para-hydroxylation sites is 1. The first-order valence-electron chi connectivity index (χ1n) is 10.9. The van der Waals surface area contributed by atoms with Gasteiger partial charge in [-0.05, 0) is 56.2 Å². The van der Waals surface area contributed by atoms with Crippen molar-refractivity contribution in [2.24, 2.45) is 0 Å². The fraction of sp³-hybridized carbons (Fsp3) is 0.250. The molecule has 170 valence electrons. The molecule has 0 radical (unpaired) electrons. The molecule has 1 aliphatic heterocycles. The summed E-state index contributed by atoms with van der Waals surface area (Å²) in [5.74, 6) is 0.448. The number of rotatable bonds is 6. The first kappa shape index (κ1) is 22.1. The van der Waals surface area contributed by atoms with Gasteiger partial charge >= 0.3 is 6.03 Å². The molecule has 0 aliphatic carbocycles. The molecule has 2 aromatic carbocycles. The van der Waals surface area contributed by atoms with E-state index in [2.05, 4.69) is 20.6 Å². The fourth-order valence-electron chi connectivity index (χ4n) is 3.62. The van der Waals surface area contributed by atoms with Crippen LogP contribution in [0.15, 0.2) is 54.6 Å². The predicted octanol–water partition coefficient (Wildman–Crippen LogP) is 4.00. The number of nitrogens with zero attached hydrogens (tertiary/aromatic N) is 3. The summed E-state index contributed by atoms with van der Waals surface area (Å²) in [5, 5.41) is 5.54. The second kappa shape index (κ2) is 9.99. The van der Waals surface area contributed by atoms with E-state index in [0.717, 1.165) is 12.8 Å². The number of nitrogen functional groups attached to an aromatic ring is 1. The molecular formula is C24H26N6O3. The molecule has 1 aliphatic rings. The van der Waals surface area contributed by atoms with Gasteiger partial charge in [0.2, 0.25) is 0 Å². The van der Waals surface area contributed by atoms with Crippen molar-refractivity contribution in [1.29, 1.82) is 0 Å². The van der Waals surface area contributed by atoms with Gasteiger partial charge in [0, 0.05) is 30.0 Å². The summed E-state index contributed by atoms with van der Waals surface area (Å²) in [5.41, 5.74) is 8.26. The molecule has 0 bridgehead atoms. The zero-order chi connectivity index (χ0) is 23.2. The maximum Gasteiger partial charge on any atom is 0.323 e. The van der Waals surface area contributed by atoms with Gasteiger partial charge in [-0.25, -0.2) is 14.8 Å². The summed E-state index contributed by atoms with van der Waals surface area (Å²) in [4.78, 5) is 35.9. The van der Waals surface area contributed by atoms with Crippen molar-refractivity contribution < 1.29 is 14.3 Å². The number of aromatic nitrogens is 2. The second-order valence-corrected chi connectivity index (χ2v) is 7.57. The summed E-state index contributed by atoms with van der Waals surface area (Å²) >= 11 is 0. The van der Waals surface area contributed by atoms with E-state index < -0.39 is 0 Å². The number of urea groups is 1. The van der Waals surface area contributed by atoms with Crippen LogP contribution in [0.1, 0.15) is 30.3 Å². The quantitative estimate of drug-likeness (QED) is 0.526. The van der Waals surface area contributed by atoms with Crippen molar-refractivity contribution in [2.45, 2.75) is 19.8 Å². The Kier molecular flexibility index (Phi) is 6.68. The number of hydrogen-bond acceptors (Lipinski definition) is 6. The summed E-state index contributed by atoms with van der Waals surface area (Å²) in [6.45, 7) is 3.54. The molecule has 0 saturated carbocycles. The average Bonchev–Trinajstić information content (AvgIpc) is 3.36. The van der Waals surface area contributed by atoms with E-state index in [0.29, 0.717) is 42.5 Å². The minimum atomic E-state index is -0.353. The van der Waals surface area contributed by atoms with Crippen LogP contribution in [-0.2, 0) is 0 Å². The van der Waals surface area contributed by atoms with E-state index >= 15 is 0 Å². The van der Waals surface area contributed by atoms with Crippen molar-refractivity contribution in [3.8, 4) is 17.1 Å². The zero-order valence-corrected chi connectivity index (χ0v) is 18.4. The van der Waals surface area contributed by atoms with Crippen LogP contribution in [0.25, 0.3) is 11.4 Å². The van der Waals surface area contributed by atoms with Crippen LogP contribution in [0.5, 0.6) is 5.75 Å². The Morgan fingerprint density at radius 2 is 1.61 bits per heavy atom. The van der Waals surface area contributed by atoms with Gasteiger partial charge in [-0.1, -0.05) is 18.2 Å². The van der Waals surface area contributed by atoms with Crippen LogP contribution in [-0.4, -0.2) is 46.5 Å². The molecule has 1 saturated heterocycles. The molecule has 0 spiro atoms. The van der Waals surface area contributed by atoms with E-state index in [1.165, 1.54) is 0 Å². The highest BCUT2D eigenvalue weighted by Crippen LogP contribution is 2.29. The van der Waals surface area contributed by atoms with E-state index in [9.17, 15) is 9.59 Å². The van der Waals surface area contributed by atoms with Gasteiger partial charge in [-0.2, -0.15) is 0 Å². The Bertz CT molecular complexity index is 1130. The van der Waals surface area contributed by atoms with Gasteiger partial charge in [0.1, 0.15) is 0 Å². The lowest BCUT2D eigenvalue weighted by Gasteiger charge is -2.18. The number of likely N-dealkylation sites (tertiary alicyclic amines) is 1. The number of carbonyl (C=O) groups excluding carboxylic acids is 2. The summed E-state index contributed by atoms with van der Waals surface area (Å²) in [6.07, 6.45) is 1.94. The normalized spacial score (nSPS) is 12.9. The third kappa shape index (κ3) is 5.20. The van der Waals surface area contributed by atoms with Crippen LogP contribution >= 0.6 is 0 Å². The molecule has 9 heteroatoms. The lowest BCUT2D eigenvalue weighted by Crippen LogP contribution is -2.29. The van der Waals surface area contributed by atoms with Gasteiger partial charge in [0.25, 0.3) is 5.91 Å². The van der Waals surface area contributed by atoms with Crippen LogP contribution in [0, 0.1) is 0 Å². The molecule has 1 fully saturated rings. The largest absolute Gasteiger partial charge is 0.488 e. The molecular weight excluding hydrogens is 420 g/mol.